The fraction of sp³-hybridized carbons (Fsp3) is 0.143. The summed E-state index contributed by atoms with van der Waals surface area (Å²) >= 11 is 0. The lowest BCUT2D eigenvalue weighted by atomic mass is 9.55. The lowest BCUT2D eigenvalue weighted by molar-refractivity contribution is 0.563. The van der Waals surface area contributed by atoms with Crippen molar-refractivity contribution in [3.8, 4) is 22.3 Å². The van der Waals surface area contributed by atoms with Crippen LogP contribution in [0.4, 0.5) is 17.1 Å². The maximum atomic E-state index is 2.55. The third-order valence-electron chi connectivity index (χ3n) is 12.1. The zero-order chi connectivity index (χ0) is 33.8. The van der Waals surface area contributed by atoms with E-state index in [1.807, 2.05) is 0 Å². The molecule has 0 N–H and O–H groups in total. The molecule has 0 bridgehead atoms. The first-order valence-corrected chi connectivity index (χ1v) is 17.9. The number of fused-ring (bicyclic) bond motifs is 12. The van der Waals surface area contributed by atoms with Crippen LogP contribution >= 0.6 is 0 Å². The van der Waals surface area contributed by atoms with Crippen molar-refractivity contribution in [2.75, 3.05) is 4.90 Å². The molecule has 50 heavy (non-hydrogen) atoms. The summed E-state index contributed by atoms with van der Waals surface area (Å²) in [6.45, 7) is 9.56. The van der Waals surface area contributed by atoms with Gasteiger partial charge in [0.15, 0.2) is 0 Å². The molecule has 0 heterocycles. The number of hydrogen-bond donors (Lipinski definition) is 0. The number of anilines is 3. The van der Waals surface area contributed by atoms with Crippen molar-refractivity contribution < 1.29 is 0 Å². The standard InChI is InChI=1S/C49H39N/c1-47(2)38-25-12-14-27-40(38)49(41-28-15-13-26-39(41)47)37-24-11-9-21-35(37)45-42(49)29-17-30-43(45)50(32-18-6-5-7-19-32)44-31-16-22-34-33-20-8-10-23-36(33)48(3,4)46(34)44/h5-31H,1-4H3. The maximum absolute atomic E-state index is 2.55. The van der Waals surface area contributed by atoms with Gasteiger partial charge in [-0.05, 0) is 85.5 Å². The number of nitrogens with zero attached hydrogens (tertiary/aromatic N) is 1. The predicted molar refractivity (Wildman–Crippen MR) is 208 cm³/mol. The molecule has 0 aliphatic heterocycles. The SMILES string of the molecule is CC1(C)c2ccccc2C2(c3ccccc3-c3c(N(c4ccccc4)c4cccc5c4C(C)(C)c4ccccc4-5)cccc32)c2ccccc21. The zero-order valence-corrected chi connectivity index (χ0v) is 29.0. The normalized spacial score (nSPS) is 16.1. The summed E-state index contributed by atoms with van der Waals surface area (Å²) in [5.41, 5.74) is 19.2. The minimum absolute atomic E-state index is 0.130. The van der Waals surface area contributed by atoms with Gasteiger partial charge in [-0.15, -0.1) is 0 Å². The molecule has 1 nitrogen and oxygen atoms in total. The van der Waals surface area contributed by atoms with Crippen LogP contribution in [0.2, 0.25) is 0 Å². The van der Waals surface area contributed by atoms with Gasteiger partial charge in [0.1, 0.15) is 0 Å². The van der Waals surface area contributed by atoms with E-state index < -0.39 is 5.41 Å². The molecule has 0 atom stereocenters. The molecule has 0 unspecified atom stereocenters. The second kappa shape index (κ2) is 10.2. The molecule has 0 amide bonds. The van der Waals surface area contributed by atoms with Crippen LogP contribution in [0.25, 0.3) is 22.3 Å². The van der Waals surface area contributed by atoms with Crippen molar-refractivity contribution in [3.05, 3.63) is 208 Å². The third kappa shape index (κ3) is 3.57. The van der Waals surface area contributed by atoms with Crippen LogP contribution in [0.5, 0.6) is 0 Å². The summed E-state index contributed by atoms with van der Waals surface area (Å²) in [6.07, 6.45) is 0. The molecule has 7 aromatic carbocycles. The van der Waals surface area contributed by atoms with Crippen molar-refractivity contribution in [1.29, 1.82) is 0 Å². The Morgan fingerprint density at radius 2 is 0.820 bits per heavy atom. The predicted octanol–water partition coefficient (Wildman–Crippen LogP) is 12.5. The second-order valence-corrected chi connectivity index (χ2v) is 15.3. The summed E-state index contributed by atoms with van der Waals surface area (Å²) in [5.74, 6) is 0. The van der Waals surface area contributed by atoms with E-state index in [4.69, 9.17) is 0 Å². The quantitative estimate of drug-likeness (QED) is 0.186. The van der Waals surface area contributed by atoms with Crippen LogP contribution in [0.15, 0.2) is 164 Å². The molecule has 0 fully saturated rings. The van der Waals surface area contributed by atoms with Gasteiger partial charge in [0, 0.05) is 22.1 Å². The van der Waals surface area contributed by atoms with E-state index in [2.05, 4.69) is 196 Å². The van der Waals surface area contributed by atoms with Crippen LogP contribution in [0.1, 0.15) is 72.2 Å². The van der Waals surface area contributed by atoms with Crippen molar-refractivity contribution in [1.82, 2.24) is 0 Å². The van der Waals surface area contributed by atoms with Gasteiger partial charge in [0.05, 0.1) is 16.8 Å². The molecule has 0 saturated heterocycles. The fourth-order valence-corrected chi connectivity index (χ4v) is 10.1. The third-order valence-corrected chi connectivity index (χ3v) is 12.1. The first kappa shape index (κ1) is 29.3. The number of benzene rings is 7. The summed E-state index contributed by atoms with van der Waals surface area (Å²) in [7, 11) is 0. The van der Waals surface area contributed by atoms with Crippen molar-refractivity contribution in [3.63, 3.8) is 0 Å². The van der Waals surface area contributed by atoms with Gasteiger partial charge < -0.3 is 4.90 Å². The Hall–Kier alpha value is -5.66. The van der Waals surface area contributed by atoms with Crippen LogP contribution < -0.4 is 4.90 Å². The summed E-state index contributed by atoms with van der Waals surface area (Å²) in [6, 6.07) is 61.5. The molecule has 0 saturated carbocycles. The van der Waals surface area contributed by atoms with Crippen molar-refractivity contribution in [2.24, 2.45) is 0 Å². The minimum Gasteiger partial charge on any atom is -0.310 e. The van der Waals surface area contributed by atoms with Gasteiger partial charge in [-0.3, -0.25) is 0 Å². The average molecular weight is 642 g/mol. The van der Waals surface area contributed by atoms with E-state index in [0.717, 1.165) is 5.69 Å². The molecular formula is C49H39N. The molecule has 0 radical (unpaired) electrons. The molecule has 3 aliphatic carbocycles. The van der Waals surface area contributed by atoms with Gasteiger partial charge in [-0.25, -0.2) is 0 Å². The van der Waals surface area contributed by atoms with E-state index in [0.29, 0.717) is 0 Å². The van der Waals surface area contributed by atoms with E-state index in [-0.39, 0.29) is 10.8 Å². The lowest BCUT2D eigenvalue weighted by Crippen LogP contribution is -2.40. The average Bonchev–Trinajstić information content (AvgIpc) is 3.59. The van der Waals surface area contributed by atoms with E-state index in [1.165, 1.54) is 78.1 Å². The first-order valence-electron chi connectivity index (χ1n) is 17.9. The lowest BCUT2D eigenvalue weighted by Gasteiger charge is -2.46. The van der Waals surface area contributed by atoms with E-state index >= 15 is 0 Å². The Morgan fingerprint density at radius 3 is 1.50 bits per heavy atom. The summed E-state index contributed by atoms with van der Waals surface area (Å²) in [4.78, 5) is 2.55. The van der Waals surface area contributed by atoms with Crippen LogP contribution in [0.3, 0.4) is 0 Å². The van der Waals surface area contributed by atoms with E-state index in [9.17, 15) is 0 Å². The fourth-order valence-electron chi connectivity index (χ4n) is 10.1. The Morgan fingerprint density at radius 1 is 0.340 bits per heavy atom. The highest BCUT2D eigenvalue weighted by Crippen LogP contribution is 2.64. The second-order valence-electron chi connectivity index (χ2n) is 15.3. The van der Waals surface area contributed by atoms with Crippen LogP contribution in [0, 0.1) is 0 Å². The van der Waals surface area contributed by atoms with Gasteiger partial charge in [0.25, 0.3) is 0 Å². The summed E-state index contributed by atoms with van der Waals surface area (Å²) < 4.78 is 0. The molecule has 1 spiro atoms. The van der Waals surface area contributed by atoms with Crippen LogP contribution in [-0.4, -0.2) is 0 Å². The van der Waals surface area contributed by atoms with Gasteiger partial charge >= 0.3 is 0 Å². The Labute approximate surface area is 295 Å². The highest BCUT2D eigenvalue weighted by molar-refractivity contribution is 6.00. The Balaban J connectivity index is 1.33. The number of para-hydroxylation sites is 1. The molecule has 240 valence electrons. The highest BCUT2D eigenvalue weighted by atomic mass is 15.1. The molecular weight excluding hydrogens is 603 g/mol. The molecule has 3 aliphatic rings. The zero-order valence-electron chi connectivity index (χ0n) is 29.0. The van der Waals surface area contributed by atoms with Crippen molar-refractivity contribution in [2.45, 2.75) is 43.9 Å². The molecule has 7 aromatic rings. The maximum Gasteiger partial charge on any atom is 0.0720 e. The first-order chi connectivity index (χ1) is 24.4. The van der Waals surface area contributed by atoms with Gasteiger partial charge in [-0.2, -0.15) is 0 Å². The van der Waals surface area contributed by atoms with Gasteiger partial charge in [-0.1, -0.05) is 167 Å². The molecule has 1 heteroatoms. The van der Waals surface area contributed by atoms with E-state index in [1.54, 1.807) is 0 Å². The molecule has 0 aromatic heterocycles. The van der Waals surface area contributed by atoms with Gasteiger partial charge in [0.2, 0.25) is 0 Å². The minimum atomic E-state index is -0.443. The number of hydrogen-bond acceptors (Lipinski definition) is 1. The largest absolute Gasteiger partial charge is 0.310 e. The Kier molecular flexibility index (Phi) is 5.96. The number of rotatable bonds is 3. The topological polar surface area (TPSA) is 3.24 Å². The smallest absolute Gasteiger partial charge is 0.0720 e. The summed E-state index contributed by atoms with van der Waals surface area (Å²) in [5, 5.41) is 0. The van der Waals surface area contributed by atoms with Crippen LogP contribution in [-0.2, 0) is 16.2 Å². The highest BCUT2D eigenvalue weighted by Gasteiger charge is 2.54. The van der Waals surface area contributed by atoms with Crippen molar-refractivity contribution >= 4 is 17.1 Å². The molecule has 10 rings (SSSR count). The monoisotopic (exact) mass is 641 g/mol. The Bertz CT molecular complexity index is 2450.